The average molecular weight is 256 g/mol. The van der Waals surface area contributed by atoms with Crippen LogP contribution in [0.4, 0.5) is 4.79 Å². The first-order valence-corrected chi connectivity index (χ1v) is 6.30. The lowest BCUT2D eigenvalue weighted by Crippen LogP contribution is -2.54. The Morgan fingerprint density at radius 3 is 2.50 bits per heavy atom. The number of aliphatic hydroxyl groups is 1. The smallest absolute Gasteiger partial charge is 0.328 e. The van der Waals surface area contributed by atoms with E-state index in [9.17, 15) is 14.7 Å². The third-order valence-corrected chi connectivity index (χ3v) is 4.06. The van der Waals surface area contributed by atoms with Gasteiger partial charge in [-0.15, -0.1) is 0 Å². The van der Waals surface area contributed by atoms with E-state index in [-0.39, 0.29) is 18.1 Å². The summed E-state index contributed by atoms with van der Waals surface area (Å²) in [5.41, 5.74) is -1.27. The van der Waals surface area contributed by atoms with Crippen LogP contribution in [-0.4, -0.2) is 51.8 Å². The molecule has 1 saturated carbocycles. The Morgan fingerprint density at radius 1 is 1.28 bits per heavy atom. The number of amides is 2. The zero-order valence-corrected chi connectivity index (χ0v) is 10.7. The number of hydrogen-bond donors (Lipinski definition) is 3. The first-order valence-electron chi connectivity index (χ1n) is 6.30. The summed E-state index contributed by atoms with van der Waals surface area (Å²) in [6, 6.07) is -0.357. The van der Waals surface area contributed by atoms with Crippen molar-refractivity contribution in [3.05, 3.63) is 0 Å². The van der Waals surface area contributed by atoms with Gasteiger partial charge in [0.1, 0.15) is 5.54 Å². The molecule has 6 nitrogen and oxygen atoms in total. The normalized spacial score (nSPS) is 31.3. The second kappa shape index (κ2) is 4.42. The van der Waals surface area contributed by atoms with Crippen molar-refractivity contribution in [2.24, 2.45) is 11.8 Å². The molecule has 6 heteroatoms. The van der Waals surface area contributed by atoms with Crippen molar-refractivity contribution < 1.29 is 19.8 Å². The fraction of sp³-hybridized carbons (Fsp3) is 0.833. The fourth-order valence-corrected chi connectivity index (χ4v) is 2.80. The maximum Gasteiger partial charge on any atom is 0.328 e. The highest BCUT2D eigenvalue weighted by Gasteiger charge is 2.44. The molecular formula is C12H20N2O4. The summed E-state index contributed by atoms with van der Waals surface area (Å²) in [5.74, 6) is -0.544. The number of urea groups is 1. The van der Waals surface area contributed by atoms with Crippen LogP contribution in [0.15, 0.2) is 0 Å². The number of carboxylic acids is 1. The van der Waals surface area contributed by atoms with E-state index < -0.39 is 11.5 Å². The van der Waals surface area contributed by atoms with Crippen molar-refractivity contribution in [2.75, 3.05) is 13.1 Å². The topological polar surface area (TPSA) is 89.9 Å². The van der Waals surface area contributed by atoms with Gasteiger partial charge in [-0.25, -0.2) is 9.59 Å². The Labute approximate surface area is 106 Å². The van der Waals surface area contributed by atoms with Crippen LogP contribution in [0.25, 0.3) is 0 Å². The summed E-state index contributed by atoms with van der Waals surface area (Å²) < 4.78 is 0. The summed E-state index contributed by atoms with van der Waals surface area (Å²) in [4.78, 5) is 24.5. The molecule has 3 atom stereocenters. The largest absolute Gasteiger partial charge is 0.480 e. The molecule has 1 aliphatic carbocycles. The Morgan fingerprint density at radius 2 is 1.94 bits per heavy atom. The Bertz CT molecular complexity index is 369. The molecule has 102 valence electrons. The number of likely N-dealkylation sites (tertiary alicyclic amines) is 1. The maximum absolute atomic E-state index is 12.0. The SMILES string of the molecule is CC(C)(NC(=O)N1CC2CCC(O)C2C1)C(=O)O. The summed E-state index contributed by atoms with van der Waals surface area (Å²) >= 11 is 0. The highest BCUT2D eigenvalue weighted by atomic mass is 16.4. The maximum atomic E-state index is 12.0. The average Bonchev–Trinajstić information content (AvgIpc) is 2.80. The molecule has 3 N–H and O–H groups in total. The molecular weight excluding hydrogens is 236 g/mol. The van der Waals surface area contributed by atoms with Crippen LogP contribution in [0, 0.1) is 11.8 Å². The van der Waals surface area contributed by atoms with Crippen molar-refractivity contribution in [3.63, 3.8) is 0 Å². The molecule has 1 heterocycles. The van der Waals surface area contributed by atoms with E-state index in [4.69, 9.17) is 5.11 Å². The Hall–Kier alpha value is -1.30. The van der Waals surface area contributed by atoms with Crippen LogP contribution < -0.4 is 5.32 Å². The number of aliphatic carboxylic acids is 1. The molecule has 3 unspecified atom stereocenters. The molecule has 1 saturated heterocycles. The Balaban J connectivity index is 1.94. The van der Waals surface area contributed by atoms with Crippen LogP contribution in [0.3, 0.4) is 0 Å². The van der Waals surface area contributed by atoms with Crippen molar-refractivity contribution >= 4 is 12.0 Å². The van der Waals surface area contributed by atoms with E-state index in [2.05, 4.69) is 5.32 Å². The van der Waals surface area contributed by atoms with Gasteiger partial charge in [0.25, 0.3) is 0 Å². The van der Waals surface area contributed by atoms with Gasteiger partial charge in [-0.1, -0.05) is 0 Å². The highest BCUT2D eigenvalue weighted by molar-refractivity contribution is 5.85. The van der Waals surface area contributed by atoms with Gasteiger partial charge in [0.2, 0.25) is 0 Å². The number of hydrogen-bond acceptors (Lipinski definition) is 3. The van der Waals surface area contributed by atoms with Gasteiger partial charge in [0.15, 0.2) is 0 Å². The lowest BCUT2D eigenvalue weighted by molar-refractivity contribution is -0.143. The number of carbonyl (C=O) groups excluding carboxylic acids is 1. The monoisotopic (exact) mass is 256 g/mol. The van der Waals surface area contributed by atoms with E-state index in [1.807, 2.05) is 0 Å². The summed E-state index contributed by atoms with van der Waals surface area (Å²) in [5, 5.41) is 21.2. The number of nitrogens with one attached hydrogen (secondary N) is 1. The number of aliphatic hydroxyl groups excluding tert-OH is 1. The third-order valence-electron chi connectivity index (χ3n) is 4.06. The molecule has 0 aromatic heterocycles. The van der Waals surface area contributed by atoms with Crippen molar-refractivity contribution in [1.29, 1.82) is 0 Å². The summed E-state index contributed by atoms with van der Waals surface area (Å²) in [6.45, 7) is 4.05. The predicted molar refractivity (Wildman–Crippen MR) is 64.0 cm³/mol. The van der Waals surface area contributed by atoms with E-state index in [0.717, 1.165) is 12.8 Å². The molecule has 2 fully saturated rings. The standard InChI is InChI=1S/C12H20N2O4/c1-12(2,10(16)17)13-11(18)14-5-7-3-4-9(15)8(7)6-14/h7-9,15H,3-6H2,1-2H3,(H,13,18)(H,16,17). The minimum atomic E-state index is -1.27. The van der Waals surface area contributed by atoms with Gasteiger partial charge in [-0.05, 0) is 32.6 Å². The van der Waals surface area contributed by atoms with E-state index in [0.29, 0.717) is 19.0 Å². The van der Waals surface area contributed by atoms with Crippen molar-refractivity contribution in [2.45, 2.75) is 38.3 Å². The first-order chi connectivity index (χ1) is 8.31. The number of nitrogens with zero attached hydrogens (tertiary/aromatic N) is 1. The molecule has 2 rings (SSSR count). The van der Waals surface area contributed by atoms with Gasteiger partial charge in [-0.2, -0.15) is 0 Å². The fourth-order valence-electron chi connectivity index (χ4n) is 2.80. The molecule has 0 radical (unpaired) electrons. The molecule has 0 aromatic rings. The predicted octanol–water partition coefficient (Wildman–Crippen LogP) is 0.262. The lowest BCUT2D eigenvalue weighted by Gasteiger charge is -2.26. The Kier molecular flexibility index (Phi) is 3.23. The number of carboxylic acid groups (broad SMARTS) is 1. The molecule has 2 aliphatic rings. The highest BCUT2D eigenvalue weighted by Crippen LogP contribution is 2.38. The van der Waals surface area contributed by atoms with E-state index >= 15 is 0 Å². The van der Waals surface area contributed by atoms with Crippen molar-refractivity contribution in [3.8, 4) is 0 Å². The van der Waals surface area contributed by atoms with Gasteiger partial charge in [0.05, 0.1) is 6.10 Å². The van der Waals surface area contributed by atoms with Crippen LogP contribution in [0.5, 0.6) is 0 Å². The van der Waals surface area contributed by atoms with Crippen LogP contribution >= 0.6 is 0 Å². The quantitative estimate of drug-likeness (QED) is 0.661. The van der Waals surface area contributed by atoms with E-state index in [1.165, 1.54) is 13.8 Å². The minimum absolute atomic E-state index is 0.156. The van der Waals surface area contributed by atoms with E-state index in [1.54, 1.807) is 4.90 Å². The van der Waals surface area contributed by atoms with Gasteiger partial charge in [0, 0.05) is 19.0 Å². The lowest BCUT2D eigenvalue weighted by atomic mass is 10.00. The molecule has 2 amide bonds. The second-order valence-corrected chi connectivity index (χ2v) is 5.83. The minimum Gasteiger partial charge on any atom is -0.480 e. The number of fused-ring (bicyclic) bond motifs is 1. The summed E-state index contributed by atoms with van der Waals surface area (Å²) in [7, 11) is 0. The first kappa shape index (κ1) is 13.1. The van der Waals surface area contributed by atoms with Crippen LogP contribution in [0.2, 0.25) is 0 Å². The number of rotatable bonds is 2. The zero-order chi connectivity index (χ0) is 13.5. The van der Waals surface area contributed by atoms with Crippen molar-refractivity contribution in [1.82, 2.24) is 10.2 Å². The van der Waals surface area contributed by atoms with Gasteiger partial charge < -0.3 is 20.4 Å². The zero-order valence-electron chi connectivity index (χ0n) is 10.7. The molecule has 0 bridgehead atoms. The summed E-state index contributed by atoms with van der Waals surface area (Å²) in [6.07, 6.45) is 1.43. The molecule has 0 aromatic carbocycles. The van der Waals surface area contributed by atoms with Crippen LogP contribution in [0.1, 0.15) is 26.7 Å². The third kappa shape index (κ3) is 2.29. The van der Waals surface area contributed by atoms with Crippen LogP contribution in [-0.2, 0) is 4.79 Å². The molecule has 18 heavy (non-hydrogen) atoms. The number of carbonyl (C=O) groups is 2. The second-order valence-electron chi connectivity index (χ2n) is 5.83. The van der Waals surface area contributed by atoms with Gasteiger partial charge in [-0.3, -0.25) is 0 Å². The van der Waals surface area contributed by atoms with Gasteiger partial charge >= 0.3 is 12.0 Å². The molecule has 1 aliphatic heterocycles. The molecule has 0 spiro atoms.